The van der Waals surface area contributed by atoms with Crippen LogP contribution in [0.4, 0.5) is 5.69 Å². The second-order valence-electron chi connectivity index (χ2n) is 8.33. The lowest BCUT2D eigenvalue weighted by molar-refractivity contribution is -0.145. The molecule has 0 saturated heterocycles. The minimum atomic E-state index is -0.959. The monoisotopic (exact) mass is 459 g/mol. The lowest BCUT2D eigenvalue weighted by atomic mass is 10.1. The Hall–Kier alpha value is -3.84. The number of rotatable bonds is 10. The van der Waals surface area contributed by atoms with Gasteiger partial charge in [-0.05, 0) is 53.9 Å². The van der Waals surface area contributed by atoms with Crippen LogP contribution in [0, 0.1) is 0 Å². The molecular weight excluding hydrogens is 430 g/mol. The van der Waals surface area contributed by atoms with Crippen LogP contribution in [0.2, 0.25) is 0 Å². The van der Waals surface area contributed by atoms with E-state index in [2.05, 4.69) is 28.4 Å². The maximum Gasteiger partial charge on any atom is 0.344 e. The number of carboxylic acid groups (broad SMARTS) is 1. The third-order valence-electron chi connectivity index (χ3n) is 5.60. The number of nitrogens with zero attached hydrogens (tertiary/aromatic N) is 2. The van der Waals surface area contributed by atoms with Gasteiger partial charge in [-0.15, -0.1) is 0 Å². The van der Waals surface area contributed by atoms with Crippen molar-refractivity contribution in [2.24, 2.45) is 0 Å². The Labute approximate surface area is 199 Å². The Balaban J connectivity index is 1.51. The molecule has 0 saturated carbocycles. The van der Waals surface area contributed by atoms with Crippen LogP contribution >= 0.6 is 0 Å². The molecule has 0 bridgehead atoms. The van der Waals surface area contributed by atoms with Crippen LogP contribution in [0.15, 0.2) is 71.1 Å². The van der Waals surface area contributed by atoms with Crippen molar-refractivity contribution in [2.75, 3.05) is 19.0 Å². The number of anilines is 1. The molecule has 0 aliphatic heterocycles. The van der Waals surface area contributed by atoms with E-state index >= 15 is 0 Å². The Morgan fingerprint density at radius 3 is 2.65 bits per heavy atom. The van der Waals surface area contributed by atoms with Crippen molar-refractivity contribution >= 4 is 22.8 Å². The highest BCUT2D eigenvalue weighted by molar-refractivity contribution is 5.77. The lowest BCUT2D eigenvalue weighted by Crippen LogP contribution is -2.26. The van der Waals surface area contributed by atoms with Gasteiger partial charge in [0.15, 0.2) is 11.7 Å². The van der Waals surface area contributed by atoms with Crippen molar-refractivity contribution in [2.45, 2.75) is 32.5 Å². The molecule has 0 amide bonds. The number of carbonyl (C=O) groups is 1. The van der Waals surface area contributed by atoms with E-state index in [-0.39, 0.29) is 0 Å². The lowest BCUT2D eigenvalue weighted by Gasteiger charge is -2.16. The zero-order valence-electron chi connectivity index (χ0n) is 19.6. The summed E-state index contributed by atoms with van der Waals surface area (Å²) in [6.07, 6.45) is -0.448. The third kappa shape index (κ3) is 5.38. The van der Waals surface area contributed by atoms with Crippen LogP contribution < -0.4 is 15.0 Å². The molecule has 7 heteroatoms. The number of fused-ring (bicyclic) bond motifs is 1. The minimum absolute atomic E-state index is 0.402. The summed E-state index contributed by atoms with van der Waals surface area (Å²) in [4.78, 5) is 18.0. The van der Waals surface area contributed by atoms with E-state index in [1.807, 2.05) is 56.6 Å². The standard InChI is InChI=1S/C27H29N3O4/c1-4-24(27(31)32)33-21-9-7-8-18(14-21)16-28-17-19-12-13-20(30(2)3)15-22(19)26-29-23-10-5-6-11-25(23)34-26/h5-15,24,28H,4,16-17H2,1-3H3,(H,31,32). The van der Waals surface area contributed by atoms with E-state index in [0.29, 0.717) is 31.2 Å². The maximum absolute atomic E-state index is 11.3. The van der Waals surface area contributed by atoms with E-state index in [1.54, 1.807) is 13.0 Å². The summed E-state index contributed by atoms with van der Waals surface area (Å²) >= 11 is 0. The first-order valence-electron chi connectivity index (χ1n) is 11.3. The number of hydrogen-bond donors (Lipinski definition) is 2. The van der Waals surface area contributed by atoms with E-state index in [1.165, 1.54) is 0 Å². The molecule has 1 unspecified atom stereocenters. The Morgan fingerprint density at radius 2 is 1.91 bits per heavy atom. The number of nitrogens with one attached hydrogen (secondary N) is 1. The number of aromatic nitrogens is 1. The SMILES string of the molecule is CCC(Oc1cccc(CNCc2ccc(N(C)C)cc2-c2nc3ccccc3o2)c1)C(=O)O. The summed E-state index contributed by atoms with van der Waals surface area (Å²) < 4.78 is 11.7. The highest BCUT2D eigenvalue weighted by Crippen LogP contribution is 2.30. The van der Waals surface area contributed by atoms with Crippen LogP contribution in [0.3, 0.4) is 0 Å². The predicted octanol–water partition coefficient (Wildman–Crippen LogP) is 5.09. The molecule has 176 valence electrons. The first-order valence-corrected chi connectivity index (χ1v) is 11.3. The van der Waals surface area contributed by atoms with Gasteiger partial charge in [0.05, 0.1) is 0 Å². The minimum Gasteiger partial charge on any atom is -0.479 e. The van der Waals surface area contributed by atoms with E-state index in [4.69, 9.17) is 14.1 Å². The van der Waals surface area contributed by atoms with Gasteiger partial charge >= 0.3 is 5.97 Å². The fourth-order valence-corrected chi connectivity index (χ4v) is 3.73. The van der Waals surface area contributed by atoms with Gasteiger partial charge < -0.3 is 24.5 Å². The number of ether oxygens (including phenoxy) is 1. The van der Waals surface area contributed by atoms with Gasteiger partial charge in [-0.25, -0.2) is 9.78 Å². The van der Waals surface area contributed by atoms with Gasteiger partial charge in [0, 0.05) is 38.4 Å². The zero-order chi connectivity index (χ0) is 24.1. The molecule has 7 nitrogen and oxygen atoms in total. The zero-order valence-corrected chi connectivity index (χ0v) is 19.6. The highest BCUT2D eigenvalue weighted by atomic mass is 16.5. The van der Waals surface area contributed by atoms with Crippen molar-refractivity contribution < 1.29 is 19.1 Å². The second-order valence-corrected chi connectivity index (χ2v) is 8.33. The van der Waals surface area contributed by atoms with Gasteiger partial charge in [-0.3, -0.25) is 0 Å². The molecule has 3 aromatic carbocycles. The largest absolute Gasteiger partial charge is 0.479 e. The summed E-state index contributed by atoms with van der Waals surface area (Å²) in [5.74, 6) is 0.186. The normalized spacial score (nSPS) is 12.0. The number of oxazole rings is 1. The number of benzene rings is 3. The molecule has 0 fully saturated rings. The van der Waals surface area contributed by atoms with Crippen LogP contribution in [0.1, 0.15) is 24.5 Å². The molecule has 4 rings (SSSR count). The molecular formula is C27H29N3O4. The number of hydrogen-bond acceptors (Lipinski definition) is 6. The smallest absolute Gasteiger partial charge is 0.344 e. The Bertz CT molecular complexity index is 1250. The summed E-state index contributed by atoms with van der Waals surface area (Å²) in [6.45, 7) is 3.00. The van der Waals surface area contributed by atoms with Gasteiger partial charge in [0.1, 0.15) is 11.3 Å². The molecule has 0 radical (unpaired) electrons. The first kappa shape index (κ1) is 23.3. The molecule has 1 atom stereocenters. The summed E-state index contributed by atoms with van der Waals surface area (Å²) in [5, 5.41) is 12.7. The fourth-order valence-electron chi connectivity index (χ4n) is 3.73. The molecule has 1 heterocycles. The van der Waals surface area contributed by atoms with E-state index in [9.17, 15) is 9.90 Å². The van der Waals surface area contributed by atoms with Crippen LogP contribution in [0.5, 0.6) is 5.75 Å². The quantitative estimate of drug-likeness (QED) is 0.341. The van der Waals surface area contributed by atoms with Crippen LogP contribution in [-0.2, 0) is 17.9 Å². The fraction of sp³-hybridized carbons (Fsp3) is 0.259. The van der Waals surface area contributed by atoms with Crippen molar-refractivity contribution in [3.8, 4) is 17.2 Å². The van der Waals surface area contributed by atoms with Gasteiger partial charge in [-0.2, -0.15) is 0 Å². The summed E-state index contributed by atoms with van der Waals surface area (Å²) in [5.41, 5.74) is 5.67. The predicted molar refractivity (Wildman–Crippen MR) is 133 cm³/mol. The van der Waals surface area contributed by atoms with Crippen molar-refractivity contribution in [1.82, 2.24) is 10.3 Å². The molecule has 1 aromatic heterocycles. The van der Waals surface area contributed by atoms with Crippen molar-refractivity contribution in [3.05, 3.63) is 77.9 Å². The molecule has 2 N–H and O–H groups in total. The third-order valence-corrected chi connectivity index (χ3v) is 5.60. The average molecular weight is 460 g/mol. The number of carboxylic acids is 1. The highest BCUT2D eigenvalue weighted by Gasteiger charge is 2.17. The average Bonchev–Trinajstić information content (AvgIpc) is 3.27. The molecule has 4 aromatic rings. The molecule has 0 aliphatic carbocycles. The van der Waals surface area contributed by atoms with Crippen LogP contribution in [0.25, 0.3) is 22.6 Å². The van der Waals surface area contributed by atoms with Gasteiger partial charge in [0.25, 0.3) is 0 Å². The number of para-hydroxylation sites is 2. The topological polar surface area (TPSA) is 87.8 Å². The first-order chi connectivity index (χ1) is 16.4. The van der Waals surface area contributed by atoms with E-state index in [0.717, 1.165) is 33.5 Å². The van der Waals surface area contributed by atoms with Crippen LogP contribution in [-0.4, -0.2) is 36.3 Å². The van der Waals surface area contributed by atoms with Crippen molar-refractivity contribution in [3.63, 3.8) is 0 Å². The van der Waals surface area contributed by atoms with E-state index < -0.39 is 12.1 Å². The maximum atomic E-state index is 11.3. The van der Waals surface area contributed by atoms with Crippen molar-refractivity contribution in [1.29, 1.82) is 0 Å². The second kappa shape index (κ2) is 10.4. The Morgan fingerprint density at radius 1 is 1.09 bits per heavy atom. The summed E-state index contributed by atoms with van der Waals surface area (Å²) in [6, 6.07) is 21.5. The van der Waals surface area contributed by atoms with Gasteiger partial charge in [0.2, 0.25) is 5.89 Å². The number of aliphatic carboxylic acids is 1. The molecule has 0 spiro atoms. The summed E-state index contributed by atoms with van der Waals surface area (Å²) in [7, 11) is 4.01. The van der Waals surface area contributed by atoms with Gasteiger partial charge in [-0.1, -0.05) is 37.3 Å². The molecule has 34 heavy (non-hydrogen) atoms. The Kier molecular flexibility index (Phi) is 7.13. The molecule has 0 aliphatic rings.